The van der Waals surface area contributed by atoms with Crippen LogP contribution in [0.15, 0.2) is 21.9 Å². The molecule has 0 fully saturated rings. The molecule has 6 heteroatoms. The second-order valence-electron chi connectivity index (χ2n) is 1.83. The van der Waals surface area contributed by atoms with E-state index in [-0.39, 0.29) is 36.3 Å². The maximum Gasteiger partial charge on any atom is 0.132 e. The molecular formula is C6H8Cl2O2S2. The van der Waals surface area contributed by atoms with Crippen LogP contribution in [-0.4, -0.2) is 10.2 Å². The van der Waals surface area contributed by atoms with Crippen molar-refractivity contribution >= 4 is 50.1 Å². The van der Waals surface area contributed by atoms with Crippen molar-refractivity contribution in [2.45, 2.75) is 9.79 Å². The van der Waals surface area contributed by atoms with Crippen molar-refractivity contribution in [1.82, 2.24) is 0 Å². The lowest BCUT2D eigenvalue weighted by Crippen LogP contribution is -1.72. The van der Waals surface area contributed by atoms with Gasteiger partial charge in [-0.05, 0) is 6.07 Å². The highest BCUT2D eigenvalue weighted by Gasteiger charge is 2.01. The Balaban J connectivity index is 0. The van der Waals surface area contributed by atoms with Gasteiger partial charge in [0.2, 0.25) is 0 Å². The van der Waals surface area contributed by atoms with Crippen molar-refractivity contribution in [3.05, 3.63) is 12.1 Å². The molecule has 2 N–H and O–H groups in total. The molecule has 0 aromatic heterocycles. The van der Waals surface area contributed by atoms with E-state index in [1.165, 1.54) is 12.1 Å². The first kappa shape index (κ1) is 14.6. The van der Waals surface area contributed by atoms with Crippen LogP contribution in [0.3, 0.4) is 0 Å². The van der Waals surface area contributed by atoms with Crippen LogP contribution in [0.4, 0.5) is 0 Å². The van der Waals surface area contributed by atoms with Crippen LogP contribution < -0.4 is 0 Å². The number of rotatable bonds is 0. The van der Waals surface area contributed by atoms with Gasteiger partial charge in [-0.25, -0.2) is 0 Å². The predicted molar refractivity (Wildman–Crippen MR) is 58.8 cm³/mol. The highest BCUT2D eigenvalue weighted by atomic mass is 35.5. The number of benzene rings is 1. The van der Waals surface area contributed by atoms with E-state index < -0.39 is 0 Å². The minimum atomic E-state index is -0.0429. The predicted octanol–water partition coefficient (Wildman–Crippen LogP) is 2.52. The lowest BCUT2D eigenvalue weighted by Gasteiger charge is -2.00. The molecule has 2 nitrogen and oxygen atoms in total. The van der Waals surface area contributed by atoms with Gasteiger partial charge in [0.05, 0.1) is 0 Å². The Hall–Kier alpha value is 0.1000. The second kappa shape index (κ2) is 5.70. The largest absolute Gasteiger partial charge is 0.507 e. The molecule has 1 rings (SSSR count). The highest BCUT2D eigenvalue weighted by Crippen LogP contribution is 2.31. The normalized spacial score (nSPS) is 8.17. The summed E-state index contributed by atoms with van der Waals surface area (Å²) < 4.78 is 0. The molecule has 0 heterocycles. The molecule has 0 unspecified atom stereocenters. The van der Waals surface area contributed by atoms with Crippen LogP contribution in [-0.2, 0) is 0 Å². The Morgan fingerprint density at radius 2 is 1.17 bits per heavy atom. The van der Waals surface area contributed by atoms with Gasteiger partial charge in [0, 0.05) is 15.9 Å². The van der Waals surface area contributed by atoms with E-state index in [0.717, 1.165) is 0 Å². The molecule has 1 aromatic carbocycles. The summed E-state index contributed by atoms with van der Waals surface area (Å²) in [5.74, 6) is -0.0859. The summed E-state index contributed by atoms with van der Waals surface area (Å²) in [5, 5.41) is 17.9. The standard InChI is InChI=1S/C6H6O2S2.2ClH/c7-3-1-4(8)6(10)2-5(3)9;;/h1-2,7-10H;2*1H. The smallest absolute Gasteiger partial charge is 0.132 e. The van der Waals surface area contributed by atoms with E-state index in [1.807, 2.05) is 0 Å². The zero-order valence-electron chi connectivity index (χ0n) is 5.76. The van der Waals surface area contributed by atoms with Gasteiger partial charge in [-0.1, -0.05) is 0 Å². The van der Waals surface area contributed by atoms with Gasteiger partial charge in [0.15, 0.2) is 0 Å². The van der Waals surface area contributed by atoms with Gasteiger partial charge in [-0.15, -0.1) is 50.1 Å². The van der Waals surface area contributed by atoms with Crippen LogP contribution in [0.25, 0.3) is 0 Å². The van der Waals surface area contributed by atoms with Gasteiger partial charge in [0.1, 0.15) is 11.5 Å². The van der Waals surface area contributed by atoms with E-state index in [1.54, 1.807) is 0 Å². The van der Waals surface area contributed by atoms with E-state index in [2.05, 4.69) is 25.3 Å². The maximum atomic E-state index is 8.95. The fourth-order valence-corrected chi connectivity index (χ4v) is 1.04. The van der Waals surface area contributed by atoms with Crippen LogP contribution in [0, 0.1) is 0 Å². The molecule has 70 valence electrons. The number of phenols is 2. The average molecular weight is 247 g/mol. The topological polar surface area (TPSA) is 40.5 Å². The zero-order chi connectivity index (χ0) is 7.72. The summed E-state index contributed by atoms with van der Waals surface area (Å²) in [6, 6.07) is 2.67. The summed E-state index contributed by atoms with van der Waals surface area (Å²) >= 11 is 7.81. The Morgan fingerprint density at radius 1 is 0.833 bits per heavy atom. The minimum Gasteiger partial charge on any atom is -0.507 e. The molecule has 0 bridgehead atoms. The minimum absolute atomic E-state index is 0. The fraction of sp³-hybridized carbons (Fsp3) is 0. The maximum absolute atomic E-state index is 8.95. The molecule has 0 radical (unpaired) electrons. The Bertz CT molecular complexity index is 218. The molecule has 1 aromatic rings. The number of thiol groups is 2. The number of halogens is 2. The summed E-state index contributed by atoms with van der Waals surface area (Å²) in [5.41, 5.74) is 0. The monoisotopic (exact) mass is 246 g/mol. The molecule has 0 aliphatic heterocycles. The summed E-state index contributed by atoms with van der Waals surface area (Å²) in [6.45, 7) is 0. The number of hydrogen-bond acceptors (Lipinski definition) is 4. The highest BCUT2D eigenvalue weighted by molar-refractivity contribution is 7.81. The van der Waals surface area contributed by atoms with Crippen molar-refractivity contribution in [1.29, 1.82) is 0 Å². The average Bonchev–Trinajstić information content (AvgIpc) is 1.84. The summed E-state index contributed by atoms with van der Waals surface area (Å²) in [7, 11) is 0. The zero-order valence-corrected chi connectivity index (χ0v) is 9.18. The van der Waals surface area contributed by atoms with E-state index >= 15 is 0 Å². The SMILES string of the molecule is Cl.Cl.Oc1cc(O)c(S)cc1S. The molecule has 0 atom stereocenters. The van der Waals surface area contributed by atoms with Gasteiger partial charge >= 0.3 is 0 Å². The third-order valence-electron chi connectivity index (χ3n) is 1.07. The molecule has 12 heavy (non-hydrogen) atoms. The molecule has 0 amide bonds. The van der Waals surface area contributed by atoms with Gasteiger partial charge < -0.3 is 10.2 Å². The summed E-state index contributed by atoms with van der Waals surface area (Å²) in [6.07, 6.45) is 0. The lowest BCUT2D eigenvalue weighted by atomic mass is 10.3. The fourth-order valence-electron chi connectivity index (χ4n) is 0.555. The van der Waals surface area contributed by atoms with Crippen LogP contribution >= 0.6 is 50.1 Å². The molecule has 0 spiro atoms. The first-order chi connectivity index (χ1) is 4.61. The first-order valence-electron chi connectivity index (χ1n) is 2.55. The van der Waals surface area contributed by atoms with Gasteiger partial charge in [-0.2, -0.15) is 0 Å². The number of phenolic OH excluding ortho intramolecular Hbond substituents is 2. The molecule has 0 aliphatic carbocycles. The third-order valence-corrected chi connectivity index (χ3v) is 1.79. The van der Waals surface area contributed by atoms with Crippen molar-refractivity contribution in [2.24, 2.45) is 0 Å². The Kier molecular flexibility index (Phi) is 6.94. The second-order valence-corrected chi connectivity index (χ2v) is 2.79. The van der Waals surface area contributed by atoms with Crippen molar-refractivity contribution < 1.29 is 10.2 Å². The Morgan fingerprint density at radius 3 is 1.42 bits per heavy atom. The molecule has 0 saturated heterocycles. The summed E-state index contributed by atoms with van der Waals surface area (Å²) in [4.78, 5) is 0.811. The van der Waals surface area contributed by atoms with E-state index in [4.69, 9.17) is 10.2 Å². The van der Waals surface area contributed by atoms with Gasteiger partial charge in [0.25, 0.3) is 0 Å². The van der Waals surface area contributed by atoms with Crippen LogP contribution in [0.1, 0.15) is 0 Å². The number of aromatic hydroxyl groups is 2. The lowest BCUT2D eigenvalue weighted by molar-refractivity contribution is 0.434. The third kappa shape index (κ3) is 3.23. The van der Waals surface area contributed by atoms with Crippen molar-refractivity contribution in [3.8, 4) is 11.5 Å². The number of hydrogen-bond donors (Lipinski definition) is 4. The first-order valence-corrected chi connectivity index (χ1v) is 3.44. The van der Waals surface area contributed by atoms with Crippen molar-refractivity contribution in [3.63, 3.8) is 0 Å². The quantitative estimate of drug-likeness (QED) is 0.532. The van der Waals surface area contributed by atoms with Crippen LogP contribution in [0.2, 0.25) is 0 Å². The van der Waals surface area contributed by atoms with E-state index in [9.17, 15) is 0 Å². The Labute approximate surface area is 93.6 Å². The van der Waals surface area contributed by atoms with Crippen LogP contribution in [0.5, 0.6) is 11.5 Å². The van der Waals surface area contributed by atoms with Crippen molar-refractivity contribution in [2.75, 3.05) is 0 Å². The molecule has 0 saturated carbocycles. The molecular weight excluding hydrogens is 239 g/mol. The van der Waals surface area contributed by atoms with E-state index in [0.29, 0.717) is 9.79 Å². The molecule has 0 aliphatic rings. The van der Waals surface area contributed by atoms with Gasteiger partial charge in [-0.3, -0.25) is 0 Å².